The van der Waals surface area contributed by atoms with E-state index in [2.05, 4.69) is 28.2 Å². The summed E-state index contributed by atoms with van der Waals surface area (Å²) in [6.45, 7) is 8.00. The Balaban J connectivity index is 0.000000561. The van der Waals surface area contributed by atoms with Gasteiger partial charge >= 0.3 is 0 Å². The zero-order chi connectivity index (χ0) is 16.5. The maximum atomic E-state index is 6.13. The predicted octanol–water partition coefficient (Wildman–Crippen LogP) is 6.77. The molecule has 0 N–H and O–H groups in total. The Morgan fingerprint density at radius 2 is 1.73 bits per heavy atom. The van der Waals surface area contributed by atoms with E-state index in [4.69, 9.17) is 23.2 Å². The summed E-state index contributed by atoms with van der Waals surface area (Å²) in [4.78, 5) is 8.08. The normalized spacial score (nSPS) is 13.2. The highest BCUT2D eigenvalue weighted by Gasteiger charge is 2.20. The number of aromatic nitrogens is 2. The average Bonchev–Trinajstić information content (AvgIpc) is 2.52. The van der Waals surface area contributed by atoms with Crippen LogP contribution in [0.1, 0.15) is 58.4 Å². The Morgan fingerprint density at radius 1 is 1.05 bits per heavy atom. The number of hydrogen-bond acceptors (Lipinski definition) is 2. The lowest BCUT2D eigenvalue weighted by atomic mass is 9.79. The van der Waals surface area contributed by atoms with Gasteiger partial charge in [0.15, 0.2) is 0 Å². The lowest BCUT2D eigenvalue weighted by Gasteiger charge is -2.26. The molecule has 1 aromatic heterocycles. The van der Waals surface area contributed by atoms with E-state index in [9.17, 15) is 0 Å². The molecule has 0 atom stereocenters. The molecule has 1 aromatic carbocycles. The average molecular weight is 339 g/mol. The van der Waals surface area contributed by atoms with Crippen molar-refractivity contribution < 1.29 is 0 Å². The summed E-state index contributed by atoms with van der Waals surface area (Å²) in [7, 11) is 0. The molecule has 0 unspecified atom stereocenters. The van der Waals surface area contributed by atoms with E-state index < -0.39 is 0 Å². The van der Waals surface area contributed by atoms with Crippen molar-refractivity contribution in [3.8, 4) is 11.3 Å². The van der Waals surface area contributed by atoms with Gasteiger partial charge in [0, 0.05) is 5.56 Å². The molecule has 3 rings (SSSR count). The van der Waals surface area contributed by atoms with Crippen molar-refractivity contribution in [2.24, 2.45) is 0 Å². The van der Waals surface area contributed by atoms with E-state index in [-0.39, 0.29) is 5.28 Å². The van der Waals surface area contributed by atoms with Crippen LogP contribution in [0.15, 0.2) is 30.5 Å². The second-order valence-corrected chi connectivity index (χ2v) is 5.33. The van der Waals surface area contributed by atoms with Crippen LogP contribution in [0.4, 0.5) is 0 Å². The van der Waals surface area contributed by atoms with Gasteiger partial charge in [0.1, 0.15) is 0 Å². The molecular formula is C18H24Cl2N2. The predicted molar refractivity (Wildman–Crippen MR) is 96.8 cm³/mol. The molecule has 0 saturated heterocycles. The van der Waals surface area contributed by atoms with Gasteiger partial charge in [0.05, 0.1) is 16.9 Å². The minimum atomic E-state index is 0.225. The molecule has 1 heterocycles. The fraction of sp³-hybridized carbons (Fsp3) is 0.444. The molecule has 0 bridgehead atoms. The van der Waals surface area contributed by atoms with E-state index in [1.54, 1.807) is 6.20 Å². The van der Waals surface area contributed by atoms with E-state index in [0.717, 1.165) is 5.56 Å². The van der Waals surface area contributed by atoms with Gasteiger partial charge in [-0.1, -0.05) is 63.9 Å². The fourth-order valence-corrected chi connectivity index (χ4v) is 2.56. The van der Waals surface area contributed by atoms with Gasteiger partial charge in [0.2, 0.25) is 5.28 Å². The van der Waals surface area contributed by atoms with Crippen LogP contribution in [-0.2, 0) is 0 Å². The number of rotatable bonds is 2. The molecule has 0 amide bonds. The Morgan fingerprint density at radius 3 is 2.32 bits per heavy atom. The summed E-state index contributed by atoms with van der Waals surface area (Å²) in [5.74, 6) is 0.695. The van der Waals surface area contributed by atoms with E-state index in [1.165, 1.54) is 24.8 Å². The van der Waals surface area contributed by atoms with Crippen LogP contribution in [0.25, 0.3) is 11.3 Å². The first-order valence-corrected chi connectivity index (χ1v) is 8.78. The third-order valence-corrected chi connectivity index (χ3v) is 3.91. The summed E-state index contributed by atoms with van der Waals surface area (Å²) in [5, 5.41) is 0.758. The van der Waals surface area contributed by atoms with E-state index >= 15 is 0 Å². The zero-order valence-electron chi connectivity index (χ0n) is 13.7. The Bertz CT molecular complexity index is 581. The van der Waals surface area contributed by atoms with Crippen LogP contribution in [0.2, 0.25) is 10.3 Å². The maximum Gasteiger partial charge on any atom is 0.222 e. The van der Waals surface area contributed by atoms with Crippen LogP contribution >= 0.6 is 23.2 Å². The first-order chi connectivity index (χ1) is 10.7. The molecular weight excluding hydrogens is 315 g/mol. The second kappa shape index (κ2) is 9.81. The molecule has 2 nitrogen and oxygen atoms in total. The first kappa shape index (κ1) is 18.9. The molecule has 2 aromatic rings. The Labute approximate surface area is 143 Å². The quantitative estimate of drug-likeness (QED) is 0.564. The van der Waals surface area contributed by atoms with Crippen LogP contribution in [0.3, 0.4) is 0 Å². The number of halogens is 2. The monoisotopic (exact) mass is 338 g/mol. The minimum Gasteiger partial charge on any atom is -0.225 e. The van der Waals surface area contributed by atoms with E-state index in [0.29, 0.717) is 16.6 Å². The van der Waals surface area contributed by atoms with Gasteiger partial charge in [-0.3, -0.25) is 0 Å². The zero-order valence-corrected chi connectivity index (χ0v) is 15.2. The molecule has 120 valence electrons. The SMILES string of the molecule is CC.CC.Clc1ncc(Cl)c(-c2cccc(C3CCC3)c2)n1. The van der Waals surface area contributed by atoms with Gasteiger partial charge in [-0.15, -0.1) is 0 Å². The summed E-state index contributed by atoms with van der Waals surface area (Å²) >= 11 is 12.0. The van der Waals surface area contributed by atoms with Crippen molar-refractivity contribution in [2.45, 2.75) is 52.9 Å². The molecule has 0 aliphatic heterocycles. The van der Waals surface area contributed by atoms with Crippen LogP contribution in [0, 0.1) is 0 Å². The lowest BCUT2D eigenvalue weighted by Crippen LogP contribution is -2.08. The maximum absolute atomic E-state index is 6.13. The molecule has 0 radical (unpaired) electrons. The molecule has 4 heteroatoms. The second-order valence-electron chi connectivity index (χ2n) is 4.59. The van der Waals surface area contributed by atoms with Crippen molar-refractivity contribution in [3.63, 3.8) is 0 Å². The lowest BCUT2D eigenvalue weighted by molar-refractivity contribution is 0.420. The van der Waals surface area contributed by atoms with Crippen LogP contribution in [-0.4, -0.2) is 9.97 Å². The number of hydrogen-bond donors (Lipinski definition) is 0. The van der Waals surface area contributed by atoms with Crippen molar-refractivity contribution in [2.75, 3.05) is 0 Å². The summed E-state index contributed by atoms with van der Waals surface area (Å²) < 4.78 is 0. The van der Waals surface area contributed by atoms with Gasteiger partial charge < -0.3 is 0 Å². The summed E-state index contributed by atoms with van der Waals surface area (Å²) in [6.07, 6.45) is 5.43. The van der Waals surface area contributed by atoms with Crippen molar-refractivity contribution in [1.82, 2.24) is 9.97 Å². The number of nitrogens with zero attached hydrogens (tertiary/aromatic N) is 2. The third kappa shape index (κ3) is 4.69. The highest BCUT2D eigenvalue weighted by Crippen LogP contribution is 2.38. The fourth-order valence-electron chi connectivity index (χ4n) is 2.23. The van der Waals surface area contributed by atoms with Crippen molar-refractivity contribution >= 4 is 23.2 Å². The van der Waals surface area contributed by atoms with Gasteiger partial charge in [-0.25, -0.2) is 9.97 Å². The van der Waals surface area contributed by atoms with Crippen molar-refractivity contribution in [1.29, 1.82) is 0 Å². The minimum absolute atomic E-state index is 0.225. The Hall–Kier alpha value is -1.12. The summed E-state index contributed by atoms with van der Waals surface area (Å²) in [6, 6.07) is 8.39. The largest absolute Gasteiger partial charge is 0.225 e. The molecule has 1 fully saturated rings. The van der Waals surface area contributed by atoms with Gasteiger partial charge in [-0.05, 0) is 42.0 Å². The smallest absolute Gasteiger partial charge is 0.222 e. The highest BCUT2D eigenvalue weighted by atomic mass is 35.5. The van der Waals surface area contributed by atoms with Crippen molar-refractivity contribution in [3.05, 3.63) is 46.3 Å². The standard InChI is InChI=1S/C14H12Cl2N2.2C2H6/c15-12-8-17-14(16)18-13(12)11-6-2-5-10(7-11)9-3-1-4-9;2*1-2/h2,5-9H,1,3-4H2;2*1-2H3. The van der Waals surface area contributed by atoms with Gasteiger partial charge in [0.25, 0.3) is 0 Å². The molecule has 1 saturated carbocycles. The highest BCUT2D eigenvalue weighted by molar-refractivity contribution is 6.33. The number of benzene rings is 1. The summed E-state index contributed by atoms with van der Waals surface area (Å²) in [5.41, 5.74) is 3.08. The van der Waals surface area contributed by atoms with Gasteiger partial charge in [-0.2, -0.15) is 0 Å². The Kier molecular flexibility index (Phi) is 8.44. The van der Waals surface area contributed by atoms with Crippen LogP contribution < -0.4 is 0 Å². The molecule has 1 aliphatic carbocycles. The molecule has 1 aliphatic rings. The molecule has 0 spiro atoms. The third-order valence-electron chi connectivity index (χ3n) is 3.45. The topological polar surface area (TPSA) is 25.8 Å². The molecule has 22 heavy (non-hydrogen) atoms. The van der Waals surface area contributed by atoms with E-state index in [1.807, 2.05) is 33.8 Å². The van der Waals surface area contributed by atoms with Crippen LogP contribution in [0.5, 0.6) is 0 Å². The first-order valence-electron chi connectivity index (χ1n) is 8.02.